The molecule has 0 saturated carbocycles. The number of alkyl halides is 1. The number of hydrogen-bond acceptors (Lipinski definition) is 14. The molecule has 3 aromatic rings. The number of rotatable bonds is 11. The summed E-state index contributed by atoms with van der Waals surface area (Å²) in [7, 11) is -3.13. The summed E-state index contributed by atoms with van der Waals surface area (Å²) in [6.07, 6.45) is 10.6. The molecule has 8 rings (SSSR count). The minimum atomic E-state index is -3.13. The molecule has 17 heteroatoms. The van der Waals surface area contributed by atoms with Gasteiger partial charge in [-0.05, 0) is 70.1 Å². The van der Waals surface area contributed by atoms with Gasteiger partial charge in [0.25, 0.3) is 0 Å². The lowest BCUT2D eigenvalue weighted by Gasteiger charge is -2.47. The number of sulfone groups is 1. The molecule has 56 heavy (non-hydrogen) atoms. The van der Waals surface area contributed by atoms with Crippen LogP contribution in [0.15, 0.2) is 37.2 Å². The summed E-state index contributed by atoms with van der Waals surface area (Å²) in [6, 6.07) is 3.88. The molecule has 0 aliphatic carbocycles. The second kappa shape index (κ2) is 16.4. The maximum atomic E-state index is 15.7. The van der Waals surface area contributed by atoms with Crippen LogP contribution < -0.4 is 15.1 Å². The molecule has 0 radical (unpaired) electrons. The topological polar surface area (TPSA) is 159 Å². The zero-order valence-electron chi connectivity index (χ0n) is 32.3. The Kier molecular flexibility index (Phi) is 11.4. The molecule has 0 aromatic carbocycles. The number of carbonyl (C=O) groups is 1. The van der Waals surface area contributed by atoms with Crippen LogP contribution in [0.1, 0.15) is 63.6 Å². The van der Waals surface area contributed by atoms with Crippen molar-refractivity contribution in [3.63, 3.8) is 0 Å². The van der Waals surface area contributed by atoms with Crippen molar-refractivity contribution < 1.29 is 27.1 Å². The number of nitrogens with one attached hydrogen (secondary N) is 1. The van der Waals surface area contributed by atoms with Crippen molar-refractivity contribution >= 4 is 49.9 Å². The monoisotopic (exact) mass is 792 g/mol. The van der Waals surface area contributed by atoms with Crippen molar-refractivity contribution in [3.05, 3.63) is 42.9 Å². The van der Waals surface area contributed by atoms with Crippen LogP contribution in [0.25, 0.3) is 10.8 Å². The number of pyridine rings is 1. The smallest absolute Gasteiger partial charge is 0.246 e. The van der Waals surface area contributed by atoms with E-state index >= 15 is 4.39 Å². The van der Waals surface area contributed by atoms with Gasteiger partial charge in [-0.3, -0.25) is 4.79 Å². The van der Waals surface area contributed by atoms with Crippen LogP contribution >= 0.6 is 0 Å². The van der Waals surface area contributed by atoms with E-state index in [1.165, 1.54) is 12.3 Å². The maximum Gasteiger partial charge on any atom is 0.246 e. The van der Waals surface area contributed by atoms with Crippen LogP contribution in [0, 0.1) is 5.92 Å². The van der Waals surface area contributed by atoms with E-state index in [9.17, 15) is 13.2 Å². The Morgan fingerprint density at radius 3 is 2.57 bits per heavy atom. The molecule has 0 unspecified atom stereocenters. The summed E-state index contributed by atoms with van der Waals surface area (Å²) in [4.78, 5) is 35.1. The van der Waals surface area contributed by atoms with Gasteiger partial charge in [0, 0.05) is 93.4 Å². The highest BCUT2D eigenvalue weighted by atomic mass is 32.2. The number of carbonyl (C=O) groups excluding carboxylic acids is 1. The Morgan fingerprint density at radius 1 is 1.04 bits per heavy atom. The molecule has 0 spiro atoms. The summed E-state index contributed by atoms with van der Waals surface area (Å²) >= 11 is 0. The van der Waals surface area contributed by atoms with Gasteiger partial charge in [0.2, 0.25) is 11.9 Å². The molecule has 15 nitrogen and oxygen atoms in total. The minimum absolute atomic E-state index is 0.0190. The number of nitrogens with zero attached hydrogens (tertiary/aromatic N) is 9. The number of halogens is 1. The summed E-state index contributed by atoms with van der Waals surface area (Å²) in [5.41, 5.74) is 0.662. The summed E-state index contributed by atoms with van der Waals surface area (Å²) in [5.74, 6) is 1.98. The average molecular weight is 793 g/mol. The van der Waals surface area contributed by atoms with Crippen LogP contribution in [0.5, 0.6) is 0 Å². The lowest BCUT2D eigenvalue weighted by Crippen LogP contribution is -2.57. The predicted octanol–water partition coefficient (Wildman–Crippen LogP) is 3.85. The molecule has 5 aliphatic heterocycles. The molecule has 5 aliphatic rings. The first kappa shape index (κ1) is 38.8. The lowest BCUT2D eigenvalue weighted by molar-refractivity contribution is -0.126. The second-order valence-electron chi connectivity index (χ2n) is 16.0. The van der Waals surface area contributed by atoms with E-state index in [1.807, 2.05) is 17.9 Å². The zero-order valence-corrected chi connectivity index (χ0v) is 33.1. The molecule has 5 saturated heterocycles. The first-order valence-electron chi connectivity index (χ1n) is 20.0. The van der Waals surface area contributed by atoms with Gasteiger partial charge in [0.1, 0.15) is 27.6 Å². The van der Waals surface area contributed by atoms with E-state index in [0.717, 1.165) is 75.6 Å². The quantitative estimate of drug-likeness (QED) is 0.279. The fourth-order valence-corrected chi connectivity index (χ4v) is 10.3. The zero-order chi connectivity index (χ0) is 39.0. The van der Waals surface area contributed by atoms with E-state index in [2.05, 4.69) is 31.8 Å². The van der Waals surface area contributed by atoms with E-state index in [-0.39, 0.29) is 42.3 Å². The van der Waals surface area contributed by atoms with E-state index in [0.29, 0.717) is 61.2 Å². The van der Waals surface area contributed by atoms with Crippen LogP contribution in [-0.2, 0) is 24.1 Å². The summed E-state index contributed by atoms with van der Waals surface area (Å²) < 4.78 is 51.6. The van der Waals surface area contributed by atoms with Gasteiger partial charge >= 0.3 is 0 Å². The number of amides is 1. The normalized spacial score (nSPS) is 27.1. The molecule has 302 valence electrons. The van der Waals surface area contributed by atoms with Crippen molar-refractivity contribution in [1.29, 1.82) is 0 Å². The van der Waals surface area contributed by atoms with Gasteiger partial charge < -0.3 is 34.4 Å². The van der Waals surface area contributed by atoms with Crippen LogP contribution in [0.3, 0.4) is 0 Å². The van der Waals surface area contributed by atoms with Crippen LogP contribution in [0.4, 0.5) is 27.8 Å². The number of hydrogen-bond donors (Lipinski definition) is 1. The first-order chi connectivity index (χ1) is 27.0. The Morgan fingerprint density at radius 2 is 1.84 bits per heavy atom. The van der Waals surface area contributed by atoms with Gasteiger partial charge in [0.05, 0.1) is 36.2 Å². The second-order valence-corrected chi connectivity index (χ2v) is 18.2. The van der Waals surface area contributed by atoms with E-state index in [4.69, 9.17) is 24.5 Å². The molecular formula is C39H53FN10O5S. The van der Waals surface area contributed by atoms with Crippen molar-refractivity contribution in [2.45, 2.75) is 88.4 Å². The molecule has 1 N–H and O–H groups in total. The Balaban J connectivity index is 0.961. The highest BCUT2D eigenvalue weighted by Crippen LogP contribution is 2.40. The third-order valence-electron chi connectivity index (χ3n) is 12.3. The number of aromatic nitrogens is 5. The first-order valence-corrected chi connectivity index (χ1v) is 22.1. The predicted molar refractivity (Wildman–Crippen MR) is 212 cm³/mol. The third kappa shape index (κ3) is 8.31. The summed E-state index contributed by atoms with van der Waals surface area (Å²) in [6.45, 7) is 11.2. The molecule has 1 amide bonds. The van der Waals surface area contributed by atoms with E-state index in [1.54, 1.807) is 23.4 Å². The molecule has 8 heterocycles. The maximum absolute atomic E-state index is 15.7. The van der Waals surface area contributed by atoms with Gasteiger partial charge in [-0.2, -0.15) is 10.1 Å². The SMILES string of the molecule is C=CC(=O)N1CCC[C@H]1c1nnc(N2C[C@H](CS(C)(=O)=O)[C@H]2C)c2cnc(Nc3ccnc(N4CC[C@@H](OC5CCN(C6CCOCC6)CC5)[C@@H](F)C4)n3)cc12. The Labute approximate surface area is 328 Å². The van der Waals surface area contributed by atoms with Crippen molar-refractivity contribution in [3.8, 4) is 0 Å². The highest BCUT2D eigenvalue weighted by molar-refractivity contribution is 7.90. The van der Waals surface area contributed by atoms with Crippen molar-refractivity contribution in [2.75, 3.05) is 79.6 Å². The van der Waals surface area contributed by atoms with Gasteiger partial charge in [-0.1, -0.05) is 6.58 Å². The number of likely N-dealkylation sites (tertiary alicyclic amines) is 2. The molecule has 3 aromatic heterocycles. The third-order valence-corrected chi connectivity index (χ3v) is 13.3. The minimum Gasteiger partial charge on any atom is -0.381 e. The number of anilines is 4. The Hall–Kier alpha value is -4.06. The number of ether oxygens (including phenoxy) is 2. The number of piperidine rings is 2. The highest BCUT2D eigenvalue weighted by Gasteiger charge is 2.40. The van der Waals surface area contributed by atoms with Gasteiger partial charge in [-0.15, -0.1) is 5.10 Å². The van der Waals surface area contributed by atoms with E-state index < -0.39 is 22.1 Å². The summed E-state index contributed by atoms with van der Waals surface area (Å²) in [5, 5.41) is 14.2. The van der Waals surface area contributed by atoms with Crippen LogP contribution in [-0.4, -0.2) is 144 Å². The van der Waals surface area contributed by atoms with Gasteiger partial charge in [-0.25, -0.2) is 22.8 Å². The standard InChI is InChI=1S/C39H53FN10O5S/c1-4-36(51)49-14-5-6-32(49)37-29-20-35(42-21-30(29)38(46-45-37)50-22-26(25(50)2)24-56(3,52)53)43-34-7-13-41-39(44-34)48-17-10-33(31(40)23-48)55-28-8-15-47(16-9-28)27-11-18-54-19-12-27/h4,7,13,20-21,25-28,31-33H,1,5-6,8-12,14-19,22-24H2,2-3H3,(H,41,42,43,44)/t25-,26-,31+,32+,33-/m1/s1. The van der Waals surface area contributed by atoms with Crippen molar-refractivity contribution in [1.82, 2.24) is 34.9 Å². The van der Waals surface area contributed by atoms with Crippen molar-refractivity contribution in [2.24, 2.45) is 5.92 Å². The van der Waals surface area contributed by atoms with Gasteiger partial charge in [0.15, 0.2) is 5.82 Å². The fraction of sp³-hybridized carbons (Fsp3) is 0.641. The molecule has 5 fully saturated rings. The molecule has 0 bridgehead atoms. The lowest BCUT2D eigenvalue weighted by atomic mass is 9.91. The molecule has 5 atom stereocenters. The Bertz CT molecular complexity index is 2010. The fourth-order valence-electron chi connectivity index (χ4n) is 9.16. The molecular weight excluding hydrogens is 740 g/mol. The van der Waals surface area contributed by atoms with Crippen LogP contribution in [0.2, 0.25) is 0 Å². The largest absolute Gasteiger partial charge is 0.381 e. The number of fused-ring (bicyclic) bond motifs is 1. The average Bonchev–Trinajstić information content (AvgIpc) is 3.70.